The number of esters is 1. The van der Waals surface area contributed by atoms with Crippen molar-refractivity contribution in [1.29, 1.82) is 0 Å². The quantitative estimate of drug-likeness (QED) is 0.0705. The summed E-state index contributed by atoms with van der Waals surface area (Å²) in [5.41, 5.74) is -0.755. The van der Waals surface area contributed by atoms with Gasteiger partial charge in [0.1, 0.15) is 61.0 Å². The van der Waals surface area contributed by atoms with Crippen LogP contribution < -0.4 is 4.74 Å². The molecule has 1 aromatic carbocycles. The van der Waals surface area contributed by atoms with Gasteiger partial charge in [-0.2, -0.15) is 0 Å². The lowest BCUT2D eigenvalue weighted by atomic mass is 9.85. The molecule has 4 fully saturated rings. The van der Waals surface area contributed by atoms with E-state index in [1.54, 1.807) is 12.1 Å². The van der Waals surface area contributed by atoms with E-state index in [0.29, 0.717) is 5.56 Å². The van der Waals surface area contributed by atoms with Crippen LogP contribution in [0.2, 0.25) is 0 Å². The van der Waals surface area contributed by atoms with Gasteiger partial charge in [0.2, 0.25) is 6.29 Å². The van der Waals surface area contributed by atoms with Crippen LogP contribution in [0.3, 0.4) is 0 Å². The maximum absolute atomic E-state index is 12.9. The first-order valence-electron chi connectivity index (χ1n) is 15.4. The largest absolute Gasteiger partial charge is 0.504 e. The molecule has 0 radical (unpaired) electrons. The molecule has 1 aromatic rings. The Hall–Kier alpha value is -2.91. The number of ether oxygens (including phenoxy) is 8. The summed E-state index contributed by atoms with van der Waals surface area (Å²) in [4.78, 5) is 12.9. The number of methoxy groups -OCH3 is 1. The first-order chi connectivity index (χ1) is 22.9. The number of epoxide rings is 1. The lowest BCUT2D eigenvalue weighted by Crippen LogP contribution is -2.60. The molecular formula is C31H40O17. The minimum absolute atomic E-state index is 0.0728. The number of aliphatic hydroxyl groups excluding tert-OH is 7. The van der Waals surface area contributed by atoms with Gasteiger partial charge in [-0.05, 0) is 36.8 Å². The van der Waals surface area contributed by atoms with Crippen molar-refractivity contribution in [2.24, 2.45) is 11.8 Å². The molecule has 1 aliphatic carbocycles. The van der Waals surface area contributed by atoms with Gasteiger partial charge in [0.05, 0.1) is 38.1 Å². The number of hydrogen-bond acceptors (Lipinski definition) is 17. The molecular weight excluding hydrogens is 644 g/mol. The Kier molecular flexibility index (Phi) is 10.0. The molecule has 266 valence electrons. The molecule has 0 spiro atoms. The van der Waals surface area contributed by atoms with Gasteiger partial charge in [0.15, 0.2) is 24.1 Å². The summed E-state index contributed by atoms with van der Waals surface area (Å²) in [7, 11) is 1.39. The number of fused-ring (bicyclic) bond motifs is 3. The predicted molar refractivity (Wildman–Crippen MR) is 155 cm³/mol. The summed E-state index contributed by atoms with van der Waals surface area (Å²) in [6.07, 6.45) is -12.1. The Balaban J connectivity index is 1.22. The van der Waals surface area contributed by atoms with Crippen molar-refractivity contribution in [2.75, 3.05) is 20.3 Å². The van der Waals surface area contributed by atoms with Gasteiger partial charge < -0.3 is 78.7 Å². The van der Waals surface area contributed by atoms with Crippen molar-refractivity contribution in [3.63, 3.8) is 0 Å². The molecule has 17 heteroatoms. The van der Waals surface area contributed by atoms with E-state index in [4.69, 9.17) is 37.9 Å². The van der Waals surface area contributed by atoms with Crippen LogP contribution in [0, 0.1) is 11.8 Å². The number of phenols is 1. The van der Waals surface area contributed by atoms with Crippen molar-refractivity contribution < 1.29 is 83.5 Å². The second-order valence-corrected chi connectivity index (χ2v) is 12.4. The third-order valence-electron chi connectivity index (χ3n) is 9.51. The first-order valence-corrected chi connectivity index (χ1v) is 15.4. The highest BCUT2D eigenvalue weighted by atomic mass is 16.8. The van der Waals surface area contributed by atoms with Crippen LogP contribution in [0.1, 0.15) is 12.5 Å². The highest BCUT2D eigenvalue weighted by Gasteiger charge is 2.77. The van der Waals surface area contributed by atoms with E-state index in [1.165, 1.54) is 44.6 Å². The van der Waals surface area contributed by atoms with E-state index in [9.17, 15) is 45.6 Å². The van der Waals surface area contributed by atoms with Crippen molar-refractivity contribution in [1.82, 2.24) is 0 Å². The van der Waals surface area contributed by atoms with E-state index in [1.807, 2.05) is 0 Å². The summed E-state index contributed by atoms with van der Waals surface area (Å²) in [6.45, 7) is 0.486. The van der Waals surface area contributed by atoms with Gasteiger partial charge in [-0.3, -0.25) is 0 Å². The second kappa shape index (κ2) is 13.8. The average molecular weight is 685 g/mol. The highest BCUT2D eigenvalue weighted by molar-refractivity contribution is 5.87. The number of benzene rings is 1. The van der Waals surface area contributed by atoms with E-state index in [2.05, 4.69) is 0 Å². The maximum Gasteiger partial charge on any atom is 0.330 e. The van der Waals surface area contributed by atoms with Gasteiger partial charge in [0, 0.05) is 12.0 Å². The first kappa shape index (κ1) is 34.9. The summed E-state index contributed by atoms with van der Waals surface area (Å²) >= 11 is 0. The second-order valence-electron chi connectivity index (χ2n) is 12.4. The predicted octanol–water partition coefficient (Wildman–Crippen LogP) is -2.76. The fraction of sp³-hybridized carbons (Fsp3) is 0.645. The van der Waals surface area contributed by atoms with Crippen molar-refractivity contribution in [3.05, 3.63) is 42.2 Å². The van der Waals surface area contributed by atoms with Crippen LogP contribution in [0.5, 0.6) is 11.5 Å². The van der Waals surface area contributed by atoms with Gasteiger partial charge in [-0.1, -0.05) is 6.07 Å². The van der Waals surface area contributed by atoms with Gasteiger partial charge in [0.25, 0.3) is 0 Å². The van der Waals surface area contributed by atoms with Crippen LogP contribution in [-0.4, -0.2) is 153 Å². The summed E-state index contributed by atoms with van der Waals surface area (Å²) < 4.78 is 45.9. The van der Waals surface area contributed by atoms with Crippen LogP contribution >= 0.6 is 0 Å². The lowest BCUT2D eigenvalue weighted by Gasteiger charge is -2.44. The monoisotopic (exact) mass is 684 g/mol. The number of carbonyl (C=O) groups excluding carboxylic acids is 1. The van der Waals surface area contributed by atoms with E-state index >= 15 is 0 Å². The molecule has 1 saturated carbocycles. The standard InChI is InChI=1S/C31H40O17/c1-12-20(35)22(37)24(39)29(44-12)46-26-14-7-8-42-28(47-30-25(40)23(38)21(36)17(10-32)45-30)19(14)31(27(26)48-31)11-43-18(34)6-4-13-3-5-15(33)16(9-13)41-2/h3-9,12,14,17,19-30,32-33,35-40H,10-11H2,1-2H3/b6-4+/t12?,14?,17?,19?,20?,21?,22?,23?,24?,25?,26-,27+,28-,29?,30?,31?/m0/s1. The van der Waals surface area contributed by atoms with Crippen molar-refractivity contribution in [3.8, 4) is 11.5 Å². The molecule has 4 heterocycles. The third-order valence-corrected chi connectivity index (χ3v) is 9.51. The summed E-state index contributed by atoms with van der Waals surface area (Å²) in [5, 5.41) is 81.7. The molecule has 17 nitrogen and oxygen atoms in total. The van der Waals surface area contributed by atoms with Crippen molar-refractivity contribution >= 4 is 12.0 Å². The summed E-state index contributed by atoms with van der Waals surface area (Å²) in [6, 6.07) is 4.49. The fourth-order valence-electron chi connectivity index (χ4n) is 6.76. The van der Waals surface area contributed by atoms with Gasteiger partial charge >= 0.3 is 5.97 Å². The zero-order valence-corrected chi connectivity index (χ0v) is 25.9. The van der Waals surface area contributed by atoms with Crippen LogP contribution in [-0.2, 0) is 38.0 Å². The minimum Gasteiger partial charge on any atom is -0.504 e. The smallest absolute Gasteiger partial charge is 0.330 e. The van der Waals surface area contributed by atoms with E-state index < -0.39 is 110 Å². The van der Waals surface area contributed by atoms with Gasteiger partial charge in [-0.25, -0.2) is 4.79 Å². The minimum atomic E-state index is -1.74. The Morgan fingerprint density at radius 1 is 0.938 bits per heavy atom. The lowest BCUT2D eigenvalue weighted by molar-refractivity contribution is -0.347. The fourth-order valence-corrected chi connectivity index (χ4v) is 6.76. The molecule has 8 N–H and O–H groups in total. The van der Waals surface area contributed by atoms with E-state index in [0.717, 1.165) is 0 Å². The Labute approximate surface area is 274 Å². The molecule has 4 aliphatic heterocycles. The molecule has 13 unspecified atom stereocenters. The number of hydrogen-bond donors (Lipinski definition) is 8. The zero-order valence-electron chi connectivity index (χ0n) is 25.9. The Bertz CT molecular complexity index is 1370. The van der Waals surface area contributed by atoms with Gasteiger partial charge in [-0.15, -0.1) is 0 Å². The van der Waals surface area contributed by atoms with Crippen LogP contribution in [0.25, 0.3) is 6.08 Å². The van der Waals surface area contributed by atoms with E-state index in [-0.39, 0.29) is 18.1 Å². The maximum atomic E-state index is 12.9. The molecule has 3 saturated heterocycles. The number of aromatic hydroxyl groups is 1. The molecule has 5 aliphatic rings. The number of rotatable bonds is 10. The topological polar surface area (TPSA) is 256 Å². The molecule has 0 bridgehead atoms. The average Bonchev–Trinajstić information content (AvgIpc) is 3.75. The zero-order chi connectivity index (χ0) is 34.5. The molecule has 48 heavy (non-hydrogen) atoms. The molecule has 0 amide bonds. The van der Waals surface area contributed by atoms with Crippen molar-refractivity contribution in [2.45, 2.75) is 92.4 Å². The number of carbonyl (C=O) groups is 1. The number of phenolic OH excluding ortho intramolecular Hbond substituents is 1. The highest BCUT2D eigenvalue weighted by Crippen LogP contribution is 2.61. The SMILES string of the molecule is COc1cc(/C=C/C(=O)OCC23O[C@@H]2[C@@H](OC2OC(C)C(O)C(O)C2O)C2C=CO[C@@H](OC4OC(CO)C(O)C(O)C4O)C23)ccc1O. The summed E-state index contributed by atoms with van der Waals surface area (Å²) in [5.74, 6) is -2.04. The number of aliphatic hydroxyl groups is 7. The molecule has 16 atom stereocenters. The molecule has 0 aromatic heterocycles. The third kappa shape index (κ3) is 6.30. The Morgan fingerprint density at radius 2 is 1.65 bits per heavy atom. The molecule has 6 rings (SSSR count). The Morgan fingerprint density at radius 3 is 2.35 bits per heavy atom. The van der Waals surface area contributed by atoms with Crippen LogP contribution in [0.15, 0.2) is 36.6 Å². The van der Waals surface area contributed by atoms with Crippen LogP contribution in [0.4, 0.5) is 0 Å². The normalized spacial score (nSPS) is 44.9.